The molecule has 0 bridgehead atoms. The third-order valence-electron chi connectivity index (χ3n) is 4.01. The van der Waals surface area contributed by atoms with Crippen LogP contribution in [0.2, 0.25) is 0 Å². The minimum absolute atomic E-state index is 0.604. The number of aromatic nitrogens is 2. The molecule has 1 heterocycles. The molecule has 4 heteroatoms. The summed E-state index contributed by atoms with van der Waals surface area (Å²) in [5.74, 6) is 0.914. The van der Waals surface area contributed by atoms with Gasteiger partial charge in [-0.15, -0.1) is 11.8 Å². The van der Waals surface area contributed by atoms with Gasteiger partial charge in [0.25, 0.3) is 0 Å². The van der Waals surface area contributed by atoms with E-state index in [1.807, 2.05) is 12.3 Å². The van der Waals surface area contributed by atoms with Crippen molar-refractivity contribution in [2.45, 2.75) is 29.1 Å². The second-order valence-electron chi connectivity index (χ2n) is 5.61. The van der Waals surface area contributed by atoms with E-state index in [1.165, 1.54) is 5.56 Å². The average Bonchev–Trinajstić information content (AvgIpc) is 3.09. The van der Waals surface area contributed by atoms with Crippen LogP contribution in [0.1, 0.15) is 24.0 Å². The molecule has 21 heavy (non-hydrogen) atoms. The van der Waals surface area contributed by atoms with Gasteiger partial charge in [0.05, 0.1) is 17.3 Å². The second kappa shape index (κ2) is 4.90. The topological polar surface area (TPSA) is 48.9 Å². The monoisotopic (exact) mass is 296 g/mol. The van der Waals surface area contributed by atoms with Crippen LogP contribution in [-0.4, -0.2) is 15.3 Å². The first kappa shape index (κ1) is 12.9. The minimum atomic E-state index is -0.604. The van der Waals surface area contributed by atoms with Gasteiger partial charge in [0, 0.05) is 16.0 Å². The van der Waals surface area contributed by atoms with Crippen molar-refractivity contribution in [3.63, 3.8) is 0 Å². The third kappa shape index (κ3) is 2.45. The number of aromatic amines is 1. The maximum absolute atomic E-state index is 10.4. The largest absolute Gasteiger partial charge is 0.385 e. The first-order valence-electron chi connectivity index (χ1n) is 7.11. The van der Waals surface area contributed by atoms with E-state index in [2.05, 4.69) is 46.6 Å². The van der Waals surface area contributed by atoms with Gasteiger partial charge < -0.3 is 5.11 Å². The standard InChI is InChI=1S/C17H16N2OS/c20-17(6-7-17)14-8-13-10-18-19-16(13)15(9-14)21-11-12-4-2-1-3-5-12/h1-5,8-10,20H,6-7,11H2,(H,18,19). The van der Waals surface area contributed by atoms with Gasteiger partial charge in [0.1, 0.15) is 0 Å². The maximum Gasteiger partial charge on any atom is 0.0899 e. The lowest BCUT2D eigenvalue weighted by Gasteiger charge is -2.11. The first-order chi connectivity index (χ1) is 10.2. The van der Waals surface area contributed by atoms with E-state index >= 15 is 0 Å². The van der Waals surface area contributed by atoms with Crippen LogP contribution in [0.15, 0.2) is 53.6 Å². The summed E-state index contributed by atoms with van der Waals surface area (Å²) in [7, 11) is 0. The Morgan fingerprint density at radius 2 is 2.00 bits per heavy atom. The van der Waals surface area contributed by atoms with Crippen molar-refractivity contribution in [3.05, 3.63) is 59.8 Å². The molecule has 0 unspecified atom stereocenters. The number of fused-ring (bicyclic) bond motifs is 1. The number of hydrogen-bond donors (Lipinski definition) is 2. The van der Waals surface area contributed by atoms with Gasteiger partial charge in [-0.1, -0.05) is 30.3 Å². The number of rotatable bonds is 4. The van der Waals surface area contributed by atoms with Crippen LogP contribution in [0.5, 0.6) is 0 Å². The lowest BCUT2D eigenvalue weighted by atomic mass is 10.1. The van der Waals surface area contributed by atoms with Crippen molar-refractivity contribution in [2.24, 2.45) is 0 Å². The summed E-state index contributed by atoms with van der Waals surface area (Å²) in [6.45, 7) is 0. The summed E-state index contributed by atoms with van der Waals surface area (Å²) in [4.78, 5) is 1.16. The molecule has 1 aliphatic rings. The zero-order chi connectivity index (χ0) is 14.3. The molecule has 4 rings (SSSR count). The zero-order valence-corrected chi connectivity index (χ0v) is 12.4. The molecule has 2 N–H and O–H groups in total. The number of H-pyrrole nitrogens is 1. The van der Waals surface area contributed by atoms with Crippen LogP contribution in [0.3, 0.4) is 0 Å². The zero-order valence-electron chi connectivity index (χ0n) is 11.5. The van der Waals surface area contributed by atoms with E-state index in [4.69, 9.17) is 0 Å². The second-order valence-corrected chi connectivity index (χ2v) is 6.63. The van der Waals surface area contributed by atoms with Gasteiger partial charge >= 0.3 is 0 Å². The van der Waals surface area contributed by atoms with Gasteiger partial charge in [-0.2, -0.15) is 5.10 Å². The summed E-state index contributed by atoms with van der Waals surface area (Å²) < 4.78 is 0. The van der Waals surface area contributed by atoms with Gasteiger partial charge in [-0.3, -0.25) is 5.10 Å². The Kier molecular flexibility index (Phi) is 3.01. The highest BCUT2D eigenvalue weighted by Gasteiger charge is 2.42. The lowest BCUT2D eigenvalue weighted by molar-refractivity contribution is 0.151. The summed E-state index contributed by atoms with van der Waals surface area (Å²) in [5.41, 5.74) is 2.77. The molecule has 0 aliphatic heterocycles. The van der Waals surface area contributed by atoms with Gasteiger partial charge in [0.15, 0.2) is 0 Å². The molecule has 0 atom stereocenters. The van der Waals surface area contributed by atoms with Gasteiger partial charge in [-0.05, 0) is 36.1 Å². The first-order valence-corrected chi connectivity index (χ1v) is 8.10. The maximum atomic E-state index is 10.4. The molecule has 3 nitrogen and oxygen atoms in total. The Morgan fingerprint density at radius 1 is 1.19 bits per heavy atom. The van der Waals surface area contributed by atoms with Crippen molar-refractivity contribution >= 4 is 22.7 Å². The number of aliphatic hydroxyl groups is 1. The SMILES string of the molecule is OC1(c2cc(SCc3ccccc3)c3[nH]ncc3c2)CC1. The molecular formula is C17H16N2OS. The fraction of sp³-hybridized carbons (Fsp3) is 0.235. The van der Waals surface area contributed by atoms with Crippen molar-refractivity contribution in [1.29, 1.82) is 0 Å². The highest BCUT2D eigenvalue weighted by Crippen LogP contribution is 2.47. The molecule has 1 fully saturated rings. The molecule has 1 aliphatic carbocycles. The van der Waals surface area contributed by atoms with Crippen LogP contribution in [-0.2, 0) is 11.4 Å². The van der Waals surface area contributed by atoms with Crippen LogP contribution in [0, 0.1) is 0 Å². The summed E-state index contributed by atoms with van der Waals surface area (Å²) in [6, 6.07) is 14.6. The van der Waals surface area contributed by atoms with Crippen molar-refractivity contribution < 1.29 is 5.11 Å². The van der Waals surface area contributed by atoms with E-state index in [0.29, 0.717) is 0 Å². The number of thioether (sulfide) groups is 1. The average molecular weight is 296 g/mol. The predicted molar refractivity (Wildman–Crippen MR) is 85.2 cm³/mol. The van der Waals surface area contributed by atoms with E-state index in [-0.39, 0.29) is 0 Å². The highest BCUT2D eigenvalue weighted by molar-refractivity contribution is 7.98. The Morgan fingerprint density at radius 3 is 2.76 bits per heavy atom. The number of hydrogen-bond acceptors (Lipinski definition) is 3. The van der Waals surface area contributed by atoms with Crippen LogP contribution >= 0.6 is 11.8 Å². The molecule has 0 radical (unpaired) electrons. The number of benzene rings is 2. The van der Waals surface area contributed by atoms with Crippen molar-refractivity contribution in [3.8, 4) is 0 Å². The quantitative estimate of drug-likeness (QED) is 0.719. The van der Waals surface area contributed by atoms with E-state index in [1.54, 1.807) is 11.8 Å². The Hall–Kier alpha value is -1.78. The normalized spacial score (nSPS) is 16.2. The molecular weight excluding hydrogens is 280 g/mol. The molecule has 1 aromatic heterocycles. The smallest absolute Gasteiger partial charge is 0.0899 e. The van der Waals surface area contributed by atoms with Gasteiger partial charge in [0.2, 0.25) is 0 Å². The summed E-state index contributed by atoms with van der Waals surface area (Å²) in [6.07, 6.45) is 3.55. The Labute approximate surface area is 127 Å². The van der Waals surface area contributed by atoms with E-state index in [9.17, 15) is 5.11 Å². The van der Waals surface area contributed by atoms with Crippen molar-refractivity contribution in [2.75, 3.05) is 0 Å². The minimum Gasteiger partial charge on any atom is -0.385 e. The Balaban J connectivity index is 1.68. The summed E-state index contributed by atoms with van der Waals surface area (Å²) >= 11 is 1.78. The molecule has 2 aromatic carbocycles. The summed E-state index contributed by atoms with van der Waals surface area (Å²) in [5, 5.41) is 18.7. The number of nitrogens with zero attached hydrogens (tertiary/aromatic N) is 1. The third-order valence-corrected chi connectivity index (χ3v) is 5.12. The molecule has 0 saturated heterocycles. The van der Waals surface area contributed by atoms with E-state index < -0.39 is 5.60 Å². The fourth-order valence-electron chi connectivity index (χ4n) is 2.55. The molecule has 0 spiro atoms. The Bertz CT molecular complexity index is 778. The molecule has 0 amide bonds. The van der Waals surface area contributed by atoms with Crippen LogP contribution < -0.4 is 0 Å². The number of nitrogens with one attached hydrogen (secondary N) is 1. The van der Waals surface area contributed by atoms with Crippen LogP contribution in [0.25, 0.3) is 10.9 Å². The van der Waals surface area contributed by atoms with Crippen LogP contribution in [0.4, 0.5) is 0 Å². The van der Waals surface area contributed by atoms with E-state index in [0.717, 1.165) is 40.0 Å². The lowest BCUT2D eigenvalue weighted by Crippen LogP contribution is -2.04. The molecule has 106 valence electrons. The molecule has 3 aromatic rings. The fourth-order valence-corrected chi connectivity index (χ4v) is 3.58. The van der Waals surface area contributed by atoms with Gasteiger partial charge in [-0.25, -0.2) is 0 Å². The highest BCUT2D eigenvalue weighted by atomic mass is 32.2. The molecule has 1 saturated carbocycles. The predicted octanol–water partition coefficient (Wildman–Crippen LogP) is 3.84. The van der Waals surface area contributed by atoms with Crippen molar-refractivity contribution in [1.82, 2.24) is 10.2 Å².